The van der Waals surface area contributed by atoms with Crippen LogP contribution in [-0.4, -0.2) is 24.1 Å². The number of hydrogen-bond acceptors (Lipinski definition) is 3. The van der Waals surface area contributed by atoms with Crippen LogP contribution in [0, 0.1) is 5.92 Å². The first-order chi connectivity index (χ1) is 9.85. The summed E-state index contributed by atoms with van der Waals surface area (Å²) in [5.41, 5.74) is 0.409. The molecule has 0 aliphatic carbocycles. The zero-order valence-electron chi connectivity index (χ0n) is 12.4. The van der Waals surface area contributed by atoms with Crippen molar-refractivity contribution in [2.75, 3.05) is 7.11 Å². The van der Waals surface area contributed by atoms with Gasteiger partial charge in [0, 0.05) is 6.42 Å². The third-order valence-electron chi connectivity index (χ3n) is 3.01. The summed E-state index contributed by atoms with van der Waals surface area (Å²) in [6.07, 6.45) is 1.01. The lowest BCUT2D eigenvalue weighted by molar-refractivity contribution is -0.142. The molecule has 1 aromatic carbocycles. The van der Waals surface area contributed by atoms with Crippen molar-refractivity contribution in [3.63, 3.8) is 0 Å². The Morgan fingerprint density at radius 1 is 1.38 bits per heavy atom. The standard InChI is InChI=1S/C15H20ClNO4/c1-9(2)4-7-13(18)17-14(15(19)20)10-5-6-12(21-3)11(16)8-10/h5-6,8-9,14H,4,7H2,1-3H3,(H,17,18)(H,19,20). The number of carbonyl (C=O) groups is 2. The molecular weight excluding hydrogens is 294 g/mol. The van der Waals surface area contributed by atoms with Gasteiger partial charge in [-0.25, -0.2) is 4.79 Å². The fourth-order valence-corrected chi connectivity index (χ4v) is 2.07. The molecular formula is C15H20ClNO4. The van der Waals surface area contributed by atoms with Gasteiger partial charge in [0.25, 0.3) is 0 Å². The molecule has 1 atom stereocenters. The van der Waals surface area contributed by atoms with Gasteiger partial charge in [-0.05, 0) is 30.0 Å². The molecule has 0 saturated heterocycles. The largest absolute Gasteiger partial charge is 0.495 e. The number of halogens is 1. The van der Waals surface area contributed by atoms with Crippen LogP contribution in [0.3, 0.4) is 0 Å². The van der Waals surface area contributed by atoms with E-state index in [1.54, 1.807) is 12.1 Å². The molecule has 1 amide bonds. The van der Waals surface area contributed by atoms with E-state index < -0.39 is 12.0 Å². The zero-order valence-corrected chi connectivity index (χ0v) is 13.1. The molecule has 0 spiro atoms. The predicted octanol–water partition coefficient (Wildman–Crippen LogP) is 3.03. The molecule has 0 aliphatic rings. The number of carboxylic acids is 1. The van der Waals surface area contributed by atoms with E-state index in [2.05, 4.69) is 5.32 Å². The topological polar surface area (TPSA) is 75.6 Å². The Labute approximate surface area is 129 Å². The van der Waals surface area contributed by atoms with Gasteiger partial charge in [0.15, 0.2) is 6.04 Å². The van der Waals surface area contributed by atoms with Crippen LogP contribution >= 0.6 is 11.6 Å². The number of ether oxygens (including phenoxy) is 1. The van der Waals surface area contributed by atoms with Crippen molar-refractivity contribution >= 4 is 23.5 Å². The van der Waals surface area contributed by atoms with Crippen LogP contribution in [0.25, 0.3) is 0 Å². The normalized spacial score (nSPS) is 12.0. The van der Waals surface area contributed by atoms with E-state index in [1.165, 1.54) is 13.2 Å². The molecule has 21 heavy (non-hydrogen) atoms. The average molecular weight is 314 g/mol. The van der Waals surface area contributed by atoms with E-state index in [1.807, 2.05) is 13.8 Å². The Bertz CT molecular complexity index is 516. The highest BCUT2D eigenvalue weighted by molar-refractivity contribution is 6.32. The molecule has 1 unspecified atom stereocenters. The molecule has 0 aliphatic heterocycles. The van der Waals surface area contributed by atoms with Crippen LogP contribution in [0.15, 0.2) is 18.2 Å². The fraction of sp³-hybridized carbons (Fsp3) is 0.467. The van der Waals surface area contributed by atoms with Crippen molar-refractivity contribution < 1.29 is 19.4 Å². The van der Waals surface area contributed by atoms with E-state index in [4.69, 9.17) is 16.3 Å². The fourth-order valence-electron chi connectivity index (χ4n) is 1.80. The molecule has 0 fully saturated rings. The smallest absolute Gasteiger partial charge is 0.330 e. The molecule has 0 saturated carbocycles. The van der Waals surface area contributed by atoms with Gasteiger partial charge in [-0.15, -0.1) is 0 Å². The van der Waals surface area contributed by atoms with Crippen LogP contribution in [0.1, 0.15) is 38.3 Å². The minimum atomic E-state index is -1.13. The number of carbonyl (C=O) groups excluding carboxylic acids is 1. The van der Waals surface area contributed by atoms with Crippen molar-refractivity contribution in [3.05, 3.63) is 28.8 Å². The summed E-state index contributed by atoms with van der Waals surface area (Å²) in [5.74, 6) is -0.581. The number of benzene rings is 1. The van der Waals surface area contributed by atoms with Gasteiger partial charge in [-0.2, -0.15) is 0 Å². The van der Waals surface area contributed by atoms with Crippen molar-refractivity contribution in [2.24, 2.45) is 5.92 Å². The molecule has 5 nitrogen and oxygen atoms in total. The van der Waals surface area contributed by atoms with Crippen LogP contribution in [0.5, 0.6) is 5.75 Å². The number of nitrogens with one attached hydrogen (secondary N) is 1. The third kappa shape index (κ3) is 5.27. The average Bonchev–Trinajstić information content (AvgIpc) is 2.42. The minimum Gasteiger partial charge on any atom is -0.495 e. The van der Waals surface area contributed by atoms with Gasteiger partial charge in [-0.3, -0.25) is 4.79 Å². The maximum Gasteiger partial charge on any atom is 0.330 e. The zero-order chi connectivity index (χ0) is 16.0. The number of rotatable bonds is 7. The second-order valence-electron chi connectivity index (χ2n) is 5.17. The van der Waals surface area contributed by atoms with Gasteiger partial charge in [0.2, 0.25) is 5.91 Å². The maximum atomic E-state index is 11.8. The first-order valence-corrected chi connectivity index (χ1v) is 7.08. The summed E-state index contributed by atoms with van der Waals surface area (Å²) in [5, 5.41) is 12.1. The Hall–Kier alpha value is -1.75. The quantitative estimate of drug-likeness (QED) is 0.811. The van der Waals surface area contributed by atoms with Gasteiger partial charge >= 0.3 is 5.97 Å². The highest BCUT2D eigenvalue weighted by Gasteiger charge is 2.23. The van der Waals surface area contributed by atoms with Gasteiger partial charge in [0.05, 0.1) is 12.1 Å². The monoisotopic (exact) mass is 313 g/mol. The Balaban J connectivity index is 2.85. The van der Waals surface area contributed by atoms with E-state index in [0.29, 0.717) is 35.1 Å². The second kappa shape index (κ2) is 7.88. The van der Waals surface area contributed by atoms with Crippen molar-refractivity contribution in [2.45, 2.75) is 32.7 Å². The first kappa shape index (κ1) is 17.3. The highest BCUT2D eigenvalue weighted by atomic mass is 35.5. The third-order valence-corrected chi connectivity index (χ3v) is 3.31. The predicted molar refractivity (Wildman–Crippen MR) is 80.6 cm³/mol. The Kier molecular flexibility index (Phi) is 6.49. The Morgan fingerprint density at radius 3 is 2.52 bits per heavy atom. The molecule has 1 aromatic rings. The molecule has 116 valence electrons. The van der Waals surface area contributed by atoms with E-state index in [-0.39, 0.29) is 5.91 Å². The van der Waals surface area contributed by atoms with Gasteiger partial charge in [0.1, 0.15) is 5.75 Å². The number of amides is 1. The summed E-state index contributed by atoms with van der Waals surface area (Å²) >= 11 is 5.99. The van der Waals surface area contributed by atoms with Crippen LogP contribution in [-0.2, 0) is 9.59 Å². The summed E-state index contributed by atoms with van der Waals surface area (Å²) in [6, 6.07) is 3.52. The lowest BCUT2D eigenvalue weighted by Gasteiger charge is -2.16. The lowest BCUT2D eigenvalue weighted by atomic mass is 10.0. The highest BCUT2D eigenvalue weighted by Crippen LogP contribution is 2.27. The molecule has 1 rings (SSSR count). The van der Waals surface area contributed by atoms with E-state index in [9.17, 15) is 14.7 Å². The Morgan fingerprint density at radius 2 is 2.05 bits per heavy atom. The second-order valence-corrected chi connectivity index (χ2v) is 5.57. The number of methoxy groups -OCH3 is 1. The SMILES string of the molecule is COc1ccc(C(NC(=O)CCC(C)C)C(=O)O)cc1Cl. The van der Waals surface area contributed by atoms with E-state index >= 15 is 0 Å². The van der Waals surface area contributed by atoms with Crippen molar-refractivity contribution in [1.82, 2.24) is 5.32 Å². The molecule has 0 heterocycles. The van der Waals surface area contributed by atoms with Gasteiger partial charge < -0.3 is 15.2 Å². The summed E-state index contributed by atoms with van der Waals surface area (Å²) < 4.78 is 5.02. The minimum absolute atomic E-state index is 0.289. The van der Waals surface area contributed by atoms with E-state index in [0.717, 1.165) is 0 Å². The number of hydrogen-bond donors (Lipinski definition) is 2. The lowest BCUT2D eigenvalue weighted by Crippen LogP contribution is -2.33. The molecule has 0 aromatic heterocycles. The van der Waals surface area contributed by atoms with Crippen LogP contribution < -0.4 is 10.1 Å². The first-order valence-electron chi connectivity index (χ1n) is 6.70. The maximum absolute atomic E-state index is 11.8. The molecule has 0 radical (unpaired) electrons. The summed E-state index contributed by atoms with van der Waals surface area (Å²) in [4.78, 5) is 23.2. The van der Waals surface area contributed by atoms with Crippen molar-refractivity contribution in [1.29, 1.82) is 0 Å². The molecule has 0 bridgehead atoms. The van der Waals surface area contributed by atoms with Crippen LogP contribution in [0.4, 0.5) is 0 Å². The molecule has 2 N–H and O–H groups in total. The summed E-state index contributed by atoms with van der Waals surface area (Å²) in [7, 11) is 1.48. The molecule has 6 heteroatoms. The number of aliphatic carboxylic acids is 1. The summed E-state index contributed by atoms with van der Waals surface area (Å²) in [6.45, 7) is 4.01. The number of carboxylic acid groups (broad SMARTS) is 1. The van der Waals surface area contributed by atoms with Gasteiger partial charge in [-0.1, -0.05) is 31.5 Å². The van der Waals surface area contributed by atoms with Crippen molar-refractivity contribution in [3.8, 4) is 5.75 Å². The van der Waals surface area contributed by atoms with Crippen LogP contribution in [0.2, 0.25) is 5.02 Å².